The zero-order valence-electron chi connectivity index (χ0n) is 9.42. The topological polar surface area (TPSA) is 30.3 Å². The molecule has 88 valence electrons. The van der Waals surface area contributed by atoms with Gasteiger partial charge in [0.1, 0.15) is 39.3 Å². The van der Waals surface area contributed by atoms with Gasteiger partial charge in [0.25, 0.3) is 0 Å². The van der Waals surface area contributed by atoms with Gasteiger partial charge in [-0.2, -0.15) is 0 Å². The van der Waals surface area contributed by atoms with Crippen molar-refractivity contribution >= 4 is 0 Å². The van der Waals surface area contributed by atoms with E-state index in [0.29, 0.717) is 12.4 Å². The molecular formula is C12H19FN2O+2. The Labute approximate surface area is 95.2 Å². The lowest BCUT2D eigenvalue weighted by Crippen LogP contribution is -3.20. The van der Waals surface area contributed by atoms with Crippen LogP contribution in [0.2, 0.25) is 0 Å². The molecule has 1 aromatic rings. The number of nitrogens with one attached hydrogen (secondary N) is 1. The predicted octanol–water partition coefficient (Wildman–Crippen LogP) is -1.33. The standard InChI is InChI=1S/C12H17FN2O/c13-11-3-1-2-4-12(11)16-10-9-15-7-5-14-6-8-15/h1-4,14H,5-10H2/p+2. The first-order chi connectivity index (χ1) is 7.86. The van der Waals surface area contributed by atoms with Gasteiger partial charge in [-0.25, -0.2) is 4.39 Å². The van der Waals surface area contributed by atoms with Gasteiger partial charge >= 0.3 is 0 Å². The van der Waals surface area contributed by atoms with Gasteiger partial charge in [-0.3, -0.25) is 0 Å². The van der Waals surface area contributed by atoms with E-state index in [1.807, 2.05) is 0 Å². The number of benzene rings is 1. The molecule has 3 N–H and O–H groups in total. The van der Waals surface area contributed by atoms with Crippen molar-refractivity contribution in [3.05, 3.63) is 30.1 Å². The molecule has 1 aromatic carbocycles. The molecule has 0 saturated carbocycles. The third-order valence-corrected chi connectivity index (χ3v) is 2.95. The number of ether oxygens (including phenoxy) is 1. The van der Waals surface area contributed by atoms with Crippen LogP contribution in [0.3, 0.4) is 0 Å². The van der Waals surface area contributed by atoms with Crippen LogP contribution in [0.4, 0.5) is 4.39 Å². The fourth-order valence-electron chi connectivity index (χ4n) is 2.00. The zero-order valence-corrected chi connectivity index (χ0v) is 9.42. The van der Waals surface area contributed by atoms with Crippen molar-refractivity contribution in [1.29, 1.82) is 0 Å². The Hall–Kier alpha value is -1.13. The Kier molecular flexibility index (Phi) is 4.13. The normalized spacial score (nSPS) is 17.3. The minimum atomic E-state index is -0.274. The molecule has 0 unspecified atom stereocenters. The Morgan fingerprint density at radius 3 is 2.75 bits per heavy atom. The van der Waals surface area contributed by atoms with Crippen LogP contribution in [-0.4, -0.2) is 39.3 Å². The van der Waals surface area contributed by atoms with E-state index in [1.54, 1.807) is 23.1 Å². The number of rotatable bonds is 4. The van der Waals surface area contributed by atoms with Gasteiger partial charge in [0.2, 0.25) is 0 Å². The molecule has 0 bridgehead atoms. The lowest BCUT2D eigenvalue weighted by atomic mass is 10.3. The molecule has 1 saturated heterocycles. The van der Waals surface area contributed by atoms with Crippen LogP contribution in [0.15, 0.2) is 24.3 Å². The molecule has 1 fully saturated rings. The molecule has 0 atom stereocenters. The number of para-hydroxylation sites is 1. The molecule has 16 heavy (non-hydrogen) atoms. The highest BCUT2D eigenvalue weighted by Crippen LogP contribution is 2.14. The Bertz CT molecular complexity index is 327. The molecule has 1 aliphatic rings. The molecule has 0 aromatic heterocycles. The van der Waals surface area contributed by atoms with Crippen LogP contribution in [0.25, 0.3) is 0 Å². The summed E-state index contributed by atoms with van der Waals surface area (Å²) >= 11 is 0. The average molecular weight is 226 g/mol. The zero-order chi connectivity index (χ0) is 11.2. The van der Waals surface area contributed by atoms with Gasteiger partial charge < -0.3 is 15.0 Å². The van der Waals surface area contributed by atoms with Gasteiger partial charge in [0.05, 0.1) is 0 Å². The highest BCUT2D eigenvalue weighted by Gasteiger charge is 2.15. The molecule has 4 heteroatoms. The van der Waals surface area contributed by atoms with E-state index in [4.69, 9.17) is 4.74 Å². The van der Waals surface area contributed by atoms with Gasteiger partial charge in [-0.1, -0.05) is 12.1 Å². The van der Waals surface area contributed by atoms with Crippen molar-refractivity contribution in [2.75, 3.05) is 39.3 Å². The van der Waals surface area contributed by atoms with E-state index in [0.717, 1.165) is 6.54 Å². The van der Waals surface area contributed by atoms with Crippen molar-refractivity contribution in [3.8, 4) is 5.75 Å². The van der Waals surface area contributed by atoms with Crippen molar-refractivity contribution in [1.82, 2.24) is 0 Å². The second kappa shape index (κ2) is 5.82. The molecule has 1 heterocycles. The third kappa shape index (κ3) is 3.18. The van der Waals surface area contributed by atoms with Crippen LogP contribution >= 0.6 is 0 Å². The Morgan fingerprint density at radius 2 is 2.00 bits per heavy atom. The first kappa shape index (κ1) is 11.4. The Morgan fingerprint density at radius 1 is 1.25 bits per heavy atom. The highest BCUT2D eigenvalue weighted by molar-refractivity contribution is 5.23. The fourth-order valence-corrected chi connectivity index (χ4v) is 2.00. The number of quaternary nitrogens is 2. The summed E-state index contributed by atoms with van der Waals surface area (Å²) in [6, 6.07) is 6.57. The summed E-state index contributed by atoms with van der Waals surface area (Å²) in [5.74, 6) is 0.0925. The van der Waals surface area contributed by atoms with Gasteiger partial charge in [0, 0.05) is 0 Å². The lowest BCUT2D eigenvalue weighted by Gasteiger charge is -2.22. The van der Waals surface area contributed by atoms with E-state index in [2.05, 4.69) is 5.32 Å². The molecule has 1 aliphatic heterocycles. The molecule has 0 amide bonds. The number of hydrogen-bond acceptors (Lipinski definition) is 1. The number of nitrogens with two attached hydrogens (primary N) is 1. The van der Waals surface area contributed by atoms with Crippen LogP contribution in [0.1, 0.15) is 0 Å². The van der Waals surface area contributed by atoms with Crippen LogP contribution in [0.5, 0.6) is 5.75 Å². The van der Waals surface area contributed by atoms with E-state index in [1.165, 1.54) is 32.2 Å². The predicted molar refractivity (Wildman–Crippen MR) is 59.1 cm³/mol. The number of piperazine rings is 1. The van der Waals surface area contributed by atoms with Gasteiger partial charge in [0.15, 0.2) is 11.6 Å². The lowest BCUT2D eigenvalue weighted by molar-refractivity contribution is -0.946. The third-order valence-electron chi connectivity index (χ3n) is 2.95. The molecule has 0 spiro atoms. The van der Waals surface area contributed by atoms with Crippen molar-refractivity contribution in [2.24, 2.45) is 0 Å². The fraction of sp³-hybridized carbons (Fsp3) is 0.500. The largest absolute Gasteiger partial charge is 0.485 e. The first-order valence-corrected chi connectivity index (χ1v) is 5.89. The van der Waals surface area contributed by atoms with E-state index >= 15 is 0 Å². The highest BCUT2D eigenvalue weighted by atomic mass is 19.1. The molecule has 2 rings (SSSR count). The maximum Gasteiger partial charge on any atom is 0.165 e. The van der Waals surface area contributed by atoms with Crippen molar-refractivity contribution < 1.29 is 19.3 Å². The molecular weight excluding hydrogens is 207 g/mol. The summed E-state index contributed by atoms with van der Waals surface area (Å²) in [7, 11) is 0. The average Bonchev–Trinajstić information content (AvgIpc) is 2.33. The maximum absolute atomic E-state index is 13.2. The van der Waals surface area contributed by atoms with Gasteiger partial charge in [-0.05, 0) is 12.1 Å². The summed E-state index contributed by atoms with van der Waals surface area (Å²) in [5.41, 5.74) is 0. The SMILES string of the molecule is Fc1ccccc1OCC[NH+]1CC[NH2+]CC1. The first-order valence-electron chi connectivity index (χ1n) is 5.89. The summed E-state index contributed by atoms with van der Waals surface area (Å²) in [5, 5.41) is 2.33. The van der Waals surface area contributed by atoms with E-state index in [9.17, 15) is 4.39 Å². The summed E-state index contributed by atoms with van der Waals surface area (Å²) in [6.07, 6.45) is 0. The summed E-state index contributed by atoms with van der Waals surface area (Å²) < 4.78 is 18.7. The molecule has 0 radical (unpaired) electrons. The minimum absolute atomic E-state index is 0.274. The monoisotopic (exact) mass is 226 g/mol. The summed E-state index contributed by atoms with van der Waals surface area (Å²) in [4.78, 5) is 1.55. The summed E-state index contributed by atoms with van der Waals surface area (Å²) in [6.45, 7) is 6.30. The molecule has 0 aliphatic carbocycles. The van der Waals surface area contributed by atoms with Crippen LogP contribution in [0, 0.1) is 5.82 Å². The second-order valence-corrected chi connectivity index (χ2v) is 4.14. The second-order valence-electron chi connectivity index (χ2n) is 4.14. The Balaban J connectivity index is 1.73. The van der Waals surface area contributed by atoms with Gasteiger partial charge in [-0.15, -0.1) is 0 Å². The van der Waals surface area contributed by atoms with Crippen molar-refractivity contribution in [3.63, 3.8) is 0 Å². The van der Waals surface area contributed by atoms with Crippen LogP contribution < -0.4 is 15.0 Å². The van der Waals surface area contributed by atoms with Crippen molar-refractivity contribution in [2.45, 2.75) is 0 Å². The smallest absolute Gasteiger partial charge is 0.165 e. The molecule has 3 nitrogen and oxygen atoms in total. The van der Waals surface area contributed by atoms with Crippen LogP contribution in [-0.2, 0) is 0 Å². The maximum atomic E-state index is 13.2. The number of halogens is 1. The van der Waals surface area contributed by atoms with E-state index < -0.39 is 0 Å². The van der Waals surface area contributed by atoms with E-state index in [-0.39, 0.29) is 5.82 Å². The quantitative estimate of drug-likeness (QED) is 0.654. The number of hydrogen-bond donors (Lipinski definition) is 2. The minimum Gasteiger partial charge on any atom is -0.485 e.